The molecule has 1 aliphatic heterocycles. The number of nitrogens with one attached hydrogen (secondary N) is 1. The molecule has 0 amide bonds. The van der Waals surface area contributed by atoms with Crippen LogP contribution in [-0.2, 0) is 23.0 Å². The SMILES string of the molecule is COc1ccc(S(=O)(=O)NCC(c2ccc(N(C)C)cc2)N2CCc3ccccc3C2)cc1OC. The molecule has 8 heteroatoms. The molecule has 35 heavy (non-hydrogen) atoms. The van der Waals surface area contributed by atoms with Gasteiger partial charge in [0.25, 0.3) is 0 Å². The first kappa shape index (κ1) is 25.0. The Kier molecular flexibility index (Phi) is 7.64. The van der Waals surface area contributed by atoms with E-state index in [-0.39, 0.29) is 17.5 Å². The van der Waals surface area contributed by atoms with Gasteiger partial charge >= 0.3 is 0 Å². The van der Waals surface area contributed by atoms with Crippen LogP contribution >= 0.6 is 0 Å². The monoisotopic (exact) mass is 495 g/mol. The molecule has 4 rings (SSSR count). The Balaban J connectivity index is 1.60. The van der Waals surface area contributed by atoms with Gasteiger partial charge in [-0.3, -0.25) is 4.90 Å². The molecule has 0 aromatic heterocycles. The summed E-state index contributed by atoms with van der Waals surface area (Å²) in [5.41, 5.74) is 4.82. The topological polar surface area (TPSA) is 71.1 Å². The highest BCUT2D eigenvalue weighted by Gasteiger charge is 2.27. The third-order valence-corrected chi connectivity index (χ3v) is 7.95. The van der Waals surface area contributed by atoms with Crippen molar-refractivity contribution in [2.24, 2.45) is 0 Å². The van der Waals surface area contributed by atoms with E-state index in [4.69, 9.17) is 9.47 Å². The molecule has 0 aliphatic carbocycles. The number of nitrogens with zero attached hydrogens (tertiary/aromatic N) is 2. The average molecular weight is 496 g/mol. The van der Waals surface area contributed by atoms with Gasteiger partial charge in [-0.15, -0.1) is 0 Å². The zero-order valence-corrected chi connectivity index (χ0v) is 21.5. The lowest BCUT2D eigenvalue weighted by Gasteiger charge is -2.36. The fourth-order valence-electron chi connectivity index (χ4n) is 4.49. The number of hydrogen-bond acceptors (Lipinski definition) is 6. The van der Waals surface area contributed by atoms with Crippen LogP contribution in [0.4, 0.5) is 5.69 Å². The molecule has 0 saturated heterocycles. The van der Waals surface area contributed by atoms with Crippen molar-refractivity contribution >= 4 is 15.7 Å². The predicted octanol–water partition coefficient (Wildman–Crippen LogP) is 3.85. The predicted molar refractivity (Wildman–Crippen MR) is 139 cm³/mol. The van der Waals surface area contributed by atoms with E-state index in [1.54, 1.807) is 6.07 Å². The van der Waals surface area contributed by atoms with E-state index in [1.807, 2.05) is 14.1 Å². The first-order valence-corrected chi connectivity index (χ1v) is 13.1. The van der Waals surface area contributed by atoms with E-state index < -0.39 is 10.0 Å². The highest BCUT2D eigenvalue weighted by Crippen LogP contribution is 2.31. The highest BCUT2D eigenvalue weighted by atomic mass is 32.2. The molecular weight excluding hydrogens is 462 g/mol. The van der Waals surface area contributed by atoms with Crippen molar-refractivity contribution in [3.63, 3.8) is 0 Å². The number of sulfonamides is 1. The van der Waals surface area contributed by atoms with Gasteiger partial charge in [0.05, 0.1) is 19.1 Å². The van der Waals surface area contributed by atoms with Crippen molar-refractivity contribution in [3.05, 3.63) is 83.4 Å². The van der Waals surface area contributed by atoms with Crippen LogP contribution in [0, 0.1) is 0 Å². The van der Waals surface area contributed by atoms with E-state index in [2.05, 4.69) is 63.1 Å². The second kappa shape index (κ2) is 10.7. The zero-order chi connectivity index (χ0) is 25.0. The Hall–Kier alpha value is -3.07. The van der Waals surface area contributed by atoms with Crippen LogP contribution in [0.1, 0.15) is 22.7 Å². The number of ether oxygens (including phenoxy) is 2. The van der Waals surface area contributed by atoms with E-state index in [9.17, 15) is 8.42 Å². The molecule has 0 fully saturated rings. The van der Waals surface area contributed by atoms with Crippen LogP contribution in [0.25, 0.3) is 0 Å². The van der Waals surface area contributed by atoms with Crippen molar-refractivity contribution in [1.82, 2.24) is 9.62 Å². The van der Waals surface area contributed by atoms with Crippen molar-refractivity contribution in [3.8, 4) is 11.5 Å². The van der Waals surface area contributed by atoms with Crippen molar-refractivity contribution in [2.45, 2.75) is 23.9 Å². The lowest BCUT2D eigenvalue weighted by Crippen LogP contribution is -2.40. The minimum absolute atomic E-state index is 0.116. The lowest BCUT2D eigenvalue weighted by atomic mass is 9.96. The first-order chi connectivity index (χ1) is 16.8. The third-order valence-electron chi connectivity index (χ3n) is 6.53. The minimum atomic E-state index is -3.76. The number of methoxy groups -OCH3 is 2. The summed E-state index contributed by atoms with van der Waals surface area (Å²) in [6.07, 6.45) is 0.935. The minimum Gasteiger partial charge on any atom is -0.493 e. The number of benzene rings is 3. The third kappa shape index (κ3) is 5.61. The molecule has 1 heterocycles. The summed E-state index contributed by atoms with van der Waals surface area (Å²) in [5.74, 6) is 0.858. The van der Waals surface area contributed by atoms with Crippen LogP contribution < -0.4 is 19.1 Å². The van der Waals surface area contributed by atoms with Crippen LogP contribution in [0.15, 0.2) is 71.6 Å². The molecule has 0 saturated carbocycles. The van der Waals surface area contributed by atoms with E-state index in [0.717, 1.165) is 30.8 Å². The van der Waals surface area contributed by atoms with Crippen molar-refractivity contribution in [1.29, 1.82) is 0 Å². The summed E-state index contributed by atoms with van der Waals surface area (Å²) < 4.78 is 39.8. The molecular formula is C27H33N3O4S. The molecule has 0 radical (unpaired) electrons. The second-order valence-electron chi connectivity index (χ2n) is 8.86. The fourth-order valence-corrected chi connectivity index (χ4v) is 5.54. The number of hydrogen-bond donors (Lipinski definition) is 1. The largest absolute Gasteiger partial charge is 0.493 e. The van der Waals surface area contributed by atoms with E-state index >= 15 is 0 Å². The first-order valence-electron chi connectivity index (χ1n) is 11.6. The standard InChI is InChI=1S/C27H33N3O4S/c1-29(2)23-11-9-21(10-12-23)25(30-16-15-20-7-5-6-8-22(20)19-30)18-28-35(31,32)24-13-14-26(33-3)27(17-24)34-4/h5-14,17,25,28H,15-16,18-19H2,1-4H3. The van der Waals surface area contributed by atoms with E-state index in [0.29, 0.717) is 11.5 Å². The Morgan fingerprint density at radius 2 is 1.63 bits per heavy atom. The van der Waals surface area contributed by atoms with Gasteiger partial charge in [0.1, 0.15) is 0 Å². The Labute approximate surface area is 208 Å². The summed E-state index contributed by atoms with van der Waals surface area (Å²) in [7, 11) is 3.26. The Morgan fingerprint density at radius 1 is 0.943 bits per heavy atom. The maximum Gasteiger partial charge on any atom is 0.240 e. The summed E-state index contributed by atoms with van der Waals surface area (Å²) in [5, 5.41) is 0. The maximum absolute atomic E-state index is 13.2. The molecule has 1 aliphatic rings. The summed E-state index contributed by atoms with van der Waals surface area (Å²) in [4.78, 5) is 4.54. The van der Waals surface area contributed by atoms with Gasteiger partial charge in [-0.1, -0.05) is 36.4 Å². The van der Waals surface area contributed by atoms with Gasteiger partial charge < -0.3 is 14.4 Å². The molecule has 1 N–H and O–H groups in total. The Morgan fingerprint density at radius 3 is 2.29 bits per heavy atom. The fraction of sp³-hybridized carbons (Fsp3) is 0.333. The van der Waals surface area contributed by atoms with Crippen LogP contribution in [0.5, 0.6) is 11.5 Å². The molecule has 1 atom stereocenters. The van der Waals surface area contributed by atoms with Gasteiger partial charge in [-0.2, -0.15) is 0 Å². The van der Waals surface area contributed by atoms with Crippen LogP contribution in [-0.4, -0.2) is 54.7 Å². The highest BCUT2D eigenvalue weighted by molar-refractivity contribution is 7.89. The summed E-state index contributed by atoms with van der Waals surface area (Å²) in [6, 6.07) is 21.3. The molecule has 0 spiro atoms. The number of rotatable bonds is 9. The number of anilines is 1. The molecule has 3 aromatic rings. The van der Waals surface area contributed by atoms with Gasteiger partial charge in [0.15, 0.2) is 11.5 Å². The average Bonchev–Trinajstić information content (AvgIpc) is 2.88. The number of fused-ring (bicyclic) bond motifs is 1. The van der Waals surface area contributed by atoms with E-state index in [1.165, 1.54) is 37.5 Å². The quantitative estimate of drug-likeness (QED) is 0.486. The summed E-state index contributed by atoms with van der Waals surface area (Å²) >= 11 is 0. The van der Waals surface area contributed by atoms with Gasteiger partial charge in [0, 0.05) is 51.5 Å². The molecule has 3 aromatic carbocycles. The normalized spacial score (nSPS) is 14.7. The molecule has 7 nitrogen and oxygen atoms in total. The Bertz CT molecular complexity index is 1260. The smallest absolute Gasteiger partial charge is 0.240 e. The van der Waals surface area contributed by atoms with Crippen molar-refractivity contribution in [2.75, 3.05) is 46.3 Å². The maximum atomic E-state index is 13.2. The van der Waals surface area contributed by atoms with Gasteiger partial charge in [-0.25, -0.2) is 13.1 Å². The van der Waals surface area contributed by atoms with Gasteiger partial charge in [-0.05, 0) is 47.4 Å². The molecule has 1 unspecified atom stereocenters. The molecule has 186 valence electrons. The van der Waals surface area contributed by atoms with Crippen molar-refractivity contribution < 1.29 is 17.9 Å². The van der Waals surface area contributed by atoms with Gasteiger partial charge in [0.2, 0.25) is 10.0 Å². The second-order valence-corrected chi connectivity index (χ2v) is 10.6. The summed E-state index contributed by atoms with van der Waals surface area (Å²) in [6.45, 7) is 1.88. The molecule has 0 bridgehead atoms. The van der Waals surface area contributed by atoms with Crippen LogP contribution in [0.3, 0.4) is 0 Å². The van der Waals surface area contributed by atoms with Crippen LogP contribution in [0.2, 0.25) is 0 Å². The lowest BCUT2D eigenvalue weighted by molar-refractivity contribution is 0.180. The zero-order valence-electron chi connectivity index (χ0n) is 20.7.